The maximum atomic E-state index is 13.8. The number of carbonyl (C=O) groups excluding carboxylic acids is 2. The van der Waals surface area contributed by atoms with Crippen LogP contribution in [0.1, 0.15) is 63.6 Å². The predicted molar refractivity (Wildman–Crippen MR) is 139 cm³/mol. The van der Waals surface area contributed by atoms with E-state index in [1.807, 2.05) is 6.92 Å². The number of Topliss-reactive ketones (excluding diaryl/α,β-unsaturated/α-hetero) is 1. The lowest BCUT2D eigenvalue weighted by Crippen LogP contribution is -2.45. The SMILES string of the molecule is CCc1cc(C(=O)NC2CCCNC2)ccc1Nc1ncc(C(F)(F)F)c(Oc2cccc3c2C(=O)CC3)n1. The number of benzene rings is 2. The number of hydrogen-bond acceptors (Lipinski definition) is 7. The fourth-order valence-corrected chi connectivity index (χ4v) is 4.88. The number of nitrogens with zero attached hydrogens (tertiary/aromatic N) is 2. The Morgan fingerprint density at radius 2 is 2.05 bits per heavy atom. The summed E-state index contributed by atoms with van der Waals surface area (Å²) < 4.78 is 47.0. The average Bonchev–Trinajstić information content (AvgIpc) is 3.30. The number of halogens is 3. The third-order valence-corrected chi connectivity index (χ3v) is 6.91. The molecule has 1 amide bonds. The number of carbonyl (C=O) groups is 2. The van der Waals surface area contributed by atoms with Gasteiger partial charge in [-0.2, -0.15) is 18.2 Å². The van der Waals surface area contributed by atoms with E-state index in [9.17, 15) is 22.8 Å². The van der Waals surface area contributed by atoms with Gasteiger partial charge in [0.15, 0.2) is 5.78 Å². The van der Waals surface area contributed by atoms with E-state index in [0.29, 0.717) is 30.3 Å². The van der Waals surface area contributed by atoms with Gasteiger partial charge in [-0.15, -0.1) is 0 Å². The number of nitrogens with one attached hydrogen (secondary N) is 3. The molecule has 1 aliphatic heterocycles. The predicted octanol–water partition coefficient (Wildman–Crippen LogP) is 5.20. The molecule has 11 heteroatoms. The molecule has 3 aromatic rings. The van der Waals surface area contributed by atoms with E-state index in [2.05, 4.69) is 25.9 Å². The second-order valence-electron chi connectivity index (χ2n) is 9.59. The Morgan fingerprint density at radius 1 is 1.21 bits per heavy atom. The number of ether oxygens (including phenoxy) is 1. The lowest BCUT2D eigenvalue weighted by Gasteiger charge is -2.24. The molecule has 1 saturated heterocycles. The van der Waals surface area contributed by atoms with Crippen molar-refractivity contribution in [1.29, 1.82) is 0 Å². The first kappa shape index (κ1) is 26.6. The number of hydrogen-bond donors (Lipinski definition) is 3. The Labute approximate surface area is 223 Å². The van der Waals surface area contributed by atoms with Gasteiger partial charge < -0.3 is 20.7 Å². The van der Waals surface area contributed by atoms with E-state index in [-0.39, 0.29) is 41.4 Å². The maximum Gasteiger partial charge on any atom is 0.423 e. The molecule has 2 aromatic carbocycles. The van der Waals surface area contributed by atoms with Crippen LogP contribution in [0.5, 0.6) is 11.6 Å². The highest BCUT2D eigenvalue weighted by Gasteiger charge is 2.37. The van der Waals surface area contributed by atoms with Gasteiger partial charge in [0.2, 0.25) is 11.8 Å². The fraction of sp³-hybridized carbons (Fsp3) is 0.357. The van der Waals surface area contributed by atoms with E-state index < -0.39 is 17.6 Å². The maximum absolute atomic E-state index is 13.8. The summed E-state index contributed by atoms with van der Waals surface area (Å²) in [6.07, 6.45) is -0.862. The molecule has 1 fully saturated rings. The number of fused-ring (bicyclic) bond motifs is 1. The van der Waals surface area contributed by atoms with Crippen molar-refractivity contribution in [2.75, 3.05) is 18.4 Å². The van der Waals surface area contributed by atoms with Gasteiger partial charge in [0.05, 0.1) is 5.56 Å². The summed E-state index contributed by atoms with van der Waals surface area (Å²) >= 11 is 0. The number of aromatic nitrogens is 2. The van der Waals surface area contributed by atoms with Gasteiger partial charge in [-0.3, -0.25) is 9.59 Å². The van der Waals surface area contributed by atoms with Crippen molar-refractivity contribution < 1.29 is 27.5 Å². The van der Waals surface area contributed by atoms with Gasteiger partial charge in [-0.05, 0) is 67.6 Å². The number of rotatable bonds is 7. The van der Waals surface area contributed by atoms with Gasteiger partial charge in [0.1, 0.15) is 11.3 Å². The molecule has 2 aliphatic rings. The Morgan fingerprint density at radius 3 is 2.79 bits per heavy atom. The van der Waals surface area contributed by atoms with Crippen molar-refractivity contribution in [3.05, 3.63) is 70.4 Å². The summed E-state index contributed by atoms with van der Waals surface area (Å²) in [6, 6.07) is 9.98. The second kappa shape index (κ2) is 11.0. The van der Waals surface area contributed by atoms with Crippen molar-refractivity contribution in [2.24, 2.45) is 0 Å². The van der Waals surface area contributed by atoms with E-state index >= 15 is 0 Å². The molecule has 0 saturated carbocycles. The molecule has 0 spiro atoms. The van der Waals surface area contributed by atoms with Crippen molar-refractivity contribution in [2.45, 2.75) is 51.2 Å². The van der Waals surface area contributed by atoms with Crippen LogP contribution in [0.15, 0.2) is 42.6 Å². The van der Waals surface area contributed by atoms with Gasteiger partial charge in [-0.25, -0.2) is 4.98 Å². The zero-order valence-electron chi connectivity index (χ0n) is 21.3. The average molecular weight is 540 g/mol. The number of piperidine rings is 1. The fourth-order valence-electron chi connectivity index (χ4n) is 4.88. The first-order valence-corrected chi connectivity index (χ1v) is 12.9. The Kier molecular flexibility index (Phi) is 7.51. The summed E-state index contributed by atoms with van der Waals surface area (Å²) in [7, 11) is 0. The first-order valence-electron chi connectivity index (χ1n) is 12.9. The largest absolute Gasteiger partial charge is 0.437 e. The Hall–Kier alpha value is -3.99. The molecule has 1 aliphatic carbocycles. The highest BCUT2D eigenvalue weighted by Crippen LogP contribution is 2.40. The lowest BCUT2D eigenvalue weighted by molar-refractivity contribution is -0.139. The van der Waals surface area contributed by atoms with Gasteiger partial charge >= 0.3 is 6.18 Å². The van der Waals surface area contributed by atoms with Gasteiger partial charge in [0, 0.05) is 36.5 Å². The van der Waals surface area contributed by atoms with Crippen LogP contribution in [0, 0.1) is 0 Å². The molecular weight excluding hydrogens is 511 g/mol. The Bertz CT molecular complexity index is 1400. The summed E-state index contributed by atoms with van der Waals surface area (Å²) in [5, 5.41) is 9.25. The van der Waals surface area contributed by atoms with Crippen LogP contribution in [-0.2, 0) is 19.0 Å². The monoisotopic (exact) mass is 539 g/mol. The van der Waals surface area contributed by atoms with Crippen LogP contribution in [0.3, 0.4) is 0 Å². The minimum absolute atomic E-state index is 0.0305. The Balaban J connectivity index is 1.40. The molecule has 1 unspecified atom stereocenters. The number of ketones is 1. The molecule has 5 rings (SSSR count). The van der Waals surface area contributed by atoms with E-state index in [1.54, 1.807) is 30.3 Å². The van der Waals surface area contributed by atoms with E-state index in [0.717, 1.165) is 37.1 Å². The summed E-state index contributed by atoms with van der Waals surface area (Å²) in [5.41, 5.74) is 1.66. The molecule has 3 N–H and O–H groups in total. The van der Waals surface area contributed by atoms with E-state index in [1.165, 1.54) is 6.07 Å². The molecule has 2 heterocycles. The third kappa shape index (κ3) is 5.88. The number of aryl methyl sites for hydroxylation is 2. The van der Waals surface area contributed by atoms with Crippen LogP contribution in [-0.4, -0.2) is 40.8 Å². The number of anilines is 2. The zero-order chi connectivity index (χ0) is 27.6. The smallest absolute Gasteiger partial charge is 0.423 e. The molecule has 204 valence electrons. The second-order valence-corrected chi connectivity index (χ2v) is 9.59. The van der Waals surface area contributed by atoms with Crippen LogP contribution in [0.25, 0.3) is 0 Å². The van der Waals surface area contributed by atoms with Crippen molar-refractivity contribution in [3.8, 4) is 11.6 Å². The molecular formula is C28H28F3N5O3. The first-order chi connectivity index (χ1) is 18.7. The van der Waals surface area contributed by atoms with Gasteiger partial charge in [0.25, 0.3) is 5.91 Å². The molecule has 8 nitrogen and oxygen atoms in total. The van der Waals surface area contributed by atoms with Crippen molar-refractivity contribution in [3.63, 3.8) is 0 Å². The minimum atomic E-state index is -4.77. The quantitative estimate of drug-likeness (QED) is 0.379. The number of amides is 1. The minimum Gasteiger partial charge on any atom is -0.437 e. The third-order valence-electron chi connectivity index (χ3n) is 6.91. The standard InChI is InChI=1S/C28H28F3N5O3/c1-2-16-13-18(25(38)34-19-6-4-12-32-14-19)8-10-21(16)35-27-33-15-20(28(29,30)31)26(36-27)39-23-7-3-5-17-9-11-22(37)24(17)23/h3,5,7-8,10,13,15,19,32H,2,4,6,9,11-12,14H2,1H3,(H,34,38)(H,33,35,36). The summed E-state index contributed by atoms with van der Waals surface area (Å²) in [5.74, 6) is -1.15. The molecule has 39 heavy (non-hydrogen) atoms. The van der Waals surface area contributed by atoms with Crippen LogP contribution in [0.4, 0.5) is 24.8 Å². The van der Waals surface area contributed by atoms with Crippen LogP contribution in [0.2, 0.25) is 0 Å². The van der Waals surface area contributed by atoms with E-state index in [4.69, 9.17) is 4.74 Å². The summed E-state index contributed by atoms with van der Waals surface area (Å²) in [4.78, 5) is 33.0. The highest BCUT2D eigenvalue weighted by atomic mass is 19.4. The molecule has 1 atom stereocenters. The van der Waals surface area contributed by atoms with Gasteiger partial charge in [-0.1, -0.05) is 19.1 Å². The van der Waals surface area contributed by atoms with Crippen LogP contribution >= 0.6 is 0 Å². The molecule has 0 bridgehead atoms. The van der Waals surface area contributed by atoms with Crippen molar-refractivity contribution in [1.82, 2.24) is 20.6 Å². The zero-order valence-corrected chi connectivity index (χ0v) is 21.3. The molecule has 1 aromatic heterocycles. The summed E-state index contributed by atoms with van der Waals surface area (Å²) in [6.45, 7) is 3.57. The topological polar surface area (TPSA) is 105 Å². The van der Waals surface area contributed by atoms with Crippen molar-refractivity contribution >= 4 is 23.3 Å². The van der Waals surface area contributed by atoms with Crippen LogP contribution < -0.4 is 20.7 Å². The highest BCUT2D eigenvalue weighted by molar-refractivity contribution is 6.03. The molecule has 0 radical (unpaired) electrons. The number of alkyl halides is 3. The normalized spacial score (nSPS) is 17.0. The lowest BCUT2D eigenvalue weighted by atomic mass is 10.0.